The number of Topliss-reactive ketones (excluding diaryl/α,β-unsaturated/α-hetero) is 1. The van der Waals surface area contributed by atoms with E-state index in [0.717, 1.165) is 25.9 Å². The average molecular weight is 298 g/mol. The number of rotatable bonds is 7. The van der Waals surface area contributed by atoms with Crippen molar-refractivity contribution >= 4 is 11.8 Å². The lowest BCUT2D eigenvalue weighted by Gasteiger charge is -2.52. The van der Waals surface area contributed by atoms with E-state index in [9.17, 15) is 14.7 Å². The molecule has 6 heteroatoms. The predicted molar refractivity (Wildman–Crippen MR) is 78.2 cm³/mol. The molecule has 21 heavy (non-hydrogen) atoms. The monoisotopic (exact) mass is 298 g/mol. The van der Waals surface area contributed by atoms with E-state index in [4.69, 9.17) is 4.74 Å². The highest BCUT2D eigenvalue weighted by molar-refractivity contribution is 5.92. The average Bonchev–Trinajstić information content (AvgIpc) is 2.44. The summed E-state index contributed by atoms with van der Waals surface area (Å²) < 4.78 is 5.31. The summed E-state index contributed by atoms with van der Waals surface area (Å²) in [5.74, 6) is -0.592. The van der Waals surface area contributed by atoms with Crippen molar-refractivity contribution in [2.24, 2.45) is 11.8 Å². The molecule has 3 saturated heterocycles. The highest BCUT2D eigenvalue weighted by Crippen LogP contribution is 2.36. The van der Waals surface area contributed by atoms with Gasteiger partial charge in [0.1, 0.15) is 11.6 Å². The molecule has 0 spiro atoms. The third kappa shape index (κ3) is 2.98. The second-order valence-corrected chi connectivity index (χ2v) is 6.53. The SMILES string of the molecule is COC[C@@]1(CN[C@H](C(=O)O)C(C)C)C(=O)C2CCN1CC2. The first-order valence-electron chi connectivity index (χ1n) is 7.67. The summed E-state index contributed by atoms with van der Waals surface area (Å²) in [4.78, 5) is 26.2. The van der Waals surface area contributed by atoms with Crippen molar-refractivity contribution in [3.8, 4) is 0 Å². The van der Waals surface area contributed by atoms with Crippen LogP contribution in [-0.4, -0.2) is 66.7 Å². The van der Waals surface area contributed by atoms with Gasteiger partial charge in [0.2, 0.25) is 0 Å². The largest absolute Gasteiger partial charge is 0.480 e. The molecule has 2 bridgehead atoms. The van der Waals surface area contributed by atoms with Gasteiger partial charge in [0.25, 0.3) is 0 Å². The van der Waals surface area contributed by atoms with E-state index in [1.807, 2.05) is 13.8 Å². The minimum atomic E-state index is -0.874. The lowest BCUT2D eigenvalue weighted by Crippen LogP contribution is -2.71. The van der Waals surface area contributed by atoms with Crippen molar-refractivity contribution in [1.29, 1.82) is 0 Å². The van der Waals surface area contributed by atoms with Gasteiger partial charge in [-0.1, -0.05) is 13.8 Å². The Bertz CT molecular complexity index is 404. The minimum absolute atomic E-state index is 0.0343. The molecule has 0 radical (unpaired) electrons. The van der Waals surface area contributed by atoms with E-state index in [0.29, 0.717) is 13.2 Å². The third-order valence-electron chi connectivity index (χ3n) is 4.86. The first-order chi connectivity index (χ1) is 9.92. The number of carboxylic acid groups (broad SMARTS) is 1. The number of piperidine rings is 3. The van der Waals surface area contributed by atoms with Crippen LogP contribution in [0.3, 0.4) is 0 Å². The maximum Gasteiger partial charge on any atom is 0.320 e. The van der Waals surface area contributed by atoms with Crippen LogP contribution in [0.15, 0.2) is 0 Å². The molecule has 0 aromatic heterocycles. The Kier molecular flexibility index (Phi) is 5.01. The predicted octanol–water partition coefficient (Wildman–Crippen LogP) is 0.365. The topological polar surface area (TPSA) is 78.9 Å². The zero-order valence-electron chi connectivity index (χ0n) is 13.1. The number of hydrogen-bond acceptors (Lipinski definition) is 5. The molecular weight excluding hydrogens is 272 g/mol. The lowest BCUT2D eigenvalue weighted by molar-refractivity contribution is -0.154. The molecule has 0 saturated carbocycles. The molecule has 0 aromatic rings. The van der Waals surface area contributed by atoms with Crippen LogP contribution < -0.4 is 5.32 Å². The number of fused-ring (bicyclic) bond motifs is 3. The number of nitrogens with one attached hydrogen (secondary N) is 1. The summed E-state index contributed by atoms with van der Waals surface area (Å²) >= 11 is 0. The second kappa shape index (κ2) is 6.42. The van der Waals surface area contributed by atoms with E-state index in [2.05, 4.69) is 10.2 Å². The van der Waals surface area contributed by atoms with Crippen molar-refractivity contribution in [3.63, 3.8) is 0 Å². The van der Waals surface area contributed by atoms with Crippen LogP contribution in [0.25, 0.3) is 0 Å². The first-order valence-corrected chi connectivity index (χ1v) is 7.67. The van der Waals surface area contributed by atoms with Gasteiger partial charge in [0.15, 0.2) is 5.78 Å². The summed E-state index contributed by atoms with van der Waals surface area (Å²) in [7, 11) is 1.59. The molecule has 3 aliphatic heterocycles. The molecule has 120 valence electrons. The molecule has 2 atom stereocenters. The van der Waals surface area contributed by atoms with Crippen LogP contribution >= 0.6 is 0 Å². The van der Waals surface area contributed by atoms with Crippen molar-refractivity contribution in [1.82, 2.24) is 10.2 Å². The Morgan fingerprint density at radius 2 is 2.10 bits per heavy atom. The van der Waals surface area contributed by atoms with Crippen LogP contribution in [0.5, 0.6) is 0 Å². The molecule has 0 unspecified atom stereocenters. The van der Waals surface area contributed by atoms with E-state index in [1.165, 1.54) is 0 Å². The molecule has 0 aromatic carbocycles. The number of carbonyl (C=O) groups is 2. The Balaban J connectivity index is 2.15. The fourth-order valence-corrected chi connectivity index (χ4v) is 3.64. The zero-order chi connectivity index (χ0) is 15.6. The number of ether oxygens (including phenoxy) is 1. The van der Waals surface area contributed by atoms with Crippen LogP contribution in [0, 0.1) is 11.8 Å². The standard InChI is InChI=1S/C15H26N2O4/c1-10(2)12(14(19)20)16-8-15(9-21-3)13(18)11-4-6-17(15)7-5-11/h10-12,16H,4-9H2,1-3H3,(H,19,20)/t12-,15-/m0/s1. The Morgan fingerprint density at radius 1 is 1.48 bits per heavy atom. The van der Waals surface area contributed by atoms with Gasteiger partial charge in [-0.05, 0) is 31.8 Å². The Labute approximate surface area is 125 Å². The number of ketones is 1. The van der Waals surface area contributed by atoms with Crippen molar-refractivity contribution in [2.45, 2.75) is 38.3 Å². The van der Waals surface area contributed by atoms with Crippen LogP contribution in [-0.2, 0) is 14.3 Å². The molecule has 3 rings (SSSR count). The van der Waals surface area contributed by atoms with Crippen LogP contribution in [0.2, 0.25) is 0 Å². The van der Waals surface area contributed by atoms with E-state index in [1.54, 1.807) is 7.11 Å². The molecule has 2 N–H and O–H groups in total. The zero-order valence-corrected chi connectivity index (χ0v) is 13.1. The molecular formula is C15H26N2O4. The molecule has 3 heterocycles. The number of carboxylic acids is 1. The summed E-state index contributed by atoms with van der Waals surface area (Å²) in [5.41, 5.74) is -0.696. The summed E-state index contributed by atoms with van der Waals surface area (Å²) in [6.07, 6.45) is 1.83. The number of aliphatic carboxylic acids is 1. The molecule has 3 aliphatic rings. The fourth-order valence-electron chi connectivity index (χ4n) is 3.64. The minimum Gasteiger partial charge on any atom is -0.480 e. The second-order valence-electron chi connectivity index (χ2n) is 6.53. The van der Waals surface area contributed by atoms with Gasteiger partial charge in [0.05, 0.1) is 6.61 Å². The number of carbonyl (C=O) groups excluding carboxylic acids is 1. The van der Waals surface area contributed by atoms with Crippen molar-refractivity contribution in [3.05, 3.63) is 0 Å². The van der Waals surface area contributed by atoms with E-state index >= 15 is 0 Å². The van der Waals surface area contributed by atoms with Gasteiger partial charge >= 0.3 is 5.97 Å². The number of methoxy groups -OCH3 is 1. The number of hydrogen-bond donors (Lipinski definition) is 2. The maximum absolute atomic E-state index is 12.7. The van der Waals surface area contributed by atoms with E-state index in [-0.39, 0.29) is 17.6 Å². The maximum atomic E-state index is 12.7. The smallest absolute Gasteiger partial charge is 0.320 e. The lowest BCUT2D eigenvalue weighted by atomic mass is 9.73. The summed E-state index contributed by atoms with van der Waals surface area (Å²) in [6, 6.07) is -0.645. The normalized spacial score (nSPS) is 33.4. The Morgan fingerprint density at radius 3 is 2.52 bits per heavy atom. The summed E-state index contributed by atoms with van der Waals surface area (Å²) in [6.45, 7) is 6.17. The molecule has 6 nitrogen and oxygen atoms in total. The fraction of sp³-hybridized carbons (Fsp3) is 0.867. The van der Waals surface area contributed by atoms with Crippen LogP contribution in [0.1, 0.15) is 26.7 Å². The van der Waals surface area contributed by atoms with Gasteiger partial charge < -0.3 is 15.2 Å². The first kappa shape index (κ1) is 16.4. The molecule has 0 amide bonds. The number of nitrogens with zero attached hydrogens (tertiary/aromatic N) is 1. The van der Waals surface area contributed by atoms with Gasteiger partial charge in [-0.3, -0.25) is 14.5 Å². The van der Waals surface area contributed by atoms with Gasteiger partial charge in [-0.25, -0.2) is 0 Å². The van der Waals surface area contributed by atoms with E-state index < -0.39 is 17.6 Å². The highest BCUT2D eigenvalue weighted by atomic mass is 16.5. The quantitative estimate of drug-likeness (QED) is 0.707. The van der Waals surface area contributed by atoms with Crippen molar-refractivity contribution < 1.29 is 19.4 Å². The van der Waals surface area contributed by atoms with Gasteiger partial charge in [0, 0.05) is 19.6 Å². The summed E-state index contributed by atoms with van der Waals surface area (Å²) in [5, 5.41) is 12.4. The van der Waals surface area contributed by atoms with Gasteiger partial charge in [-0.15, -0.1) is 0 Å². The van der Waals surface area contributed by atoms with Crippen molar-refractivity contribution in [2.75, 3.05) is 33.4 Å². The third-order valence-corrected chi connectivity index (χ3v) is 4.86. The highest BCUT2D eigenvalue weighted by Gasteiger charge is 2.53. The van der Waals surface area contributed by atoms with Crippen LogP contribution in [0.4, 0.5) is 0 Å². The Hall–Kier alpha value is -0.980. The molecule has 3 fully saturated rings. The molecule has 0 aliphatic carbocycles. The van der Waals surface area contributed by atoms with Gasteiger partial charge in [-0.2, -0.15) is 0 Å².